The molecule has 2 rings (SSSR count). The highest BCUT2D eigenvalue weighted by Crippen LogP contribution is 2.21. The molecule has 100 valence electrons. The molecular weight excluding hydrogens is 242 g/mol. The van der Waals surface area contributed by atoms with Crippen molar-refractivity contribution in [3.8, 4) is 11.6 Å². The molecule has 0 aliphatic carbocycles. The summed E-state index contributed by atoms with van der Waals surface area (Å²) >= 11 is 0. The van der Waals surface area contributed by atoms with Crippen LogP contribution < -0.4 is 10.1 Å². The third-order valence-corrected chi connectivity index (χ3v) is 2.55. The maximum absolute atomic E-state index is 8.85. The fourth-order valence-electron chi connectivity index (χ4n) is 1.65. The van der Waals surface area contributed by atoms with E-state index in [1.165, 1.54) is 6.33 Å². The quantitative estimate of drug-likeness (QED) is 0.832. The van der Waals surface area contributed by atoms with Gasteiger partial charge in [0.15, 0.2) is 0 Å². The number of nitrogens with zero attached hydrogens (tertiary/aromatic N) is 2. The van der Waals surface area contributed by atoms with Gasteiger partial charge in [0.1, 0.15) is 17.9 Å². The van der Waals surface area contributed by atoms with Crippen LogP contribution in [-0.4, -0.2) is 28.2 Å². The minimum atomic E-state index is 0.151. The molecule has 2 N–H and O–H groups in total. The summed E-state index contributed by atoms with van der Waals surface area (Å²) in [6, 6.07) is 9.33. The molecule has 0 unspecified atom stereocenters. The van der Waals surface area contributed by atoms with E-state index in [0.717, 1.165) is 17.9 Å². The second-order valence-electron chi connectivity index (χ2n) is 3.99. The van der Waals surface area contributed by atoms with Gasteiger partial charge < -0.3 is 15.2 Å². The number of benzene rings is 1. The number of aliphatic hydroxyl groups is 1. The smallest absolute Gasteiger partial charge is 0.224 e. The summed E-state index contributed by atoms with van der Waals surface area (Å²) in [7, 11) is 0. The van der Waals surface area contributed by atoms with Crippen LogP contribution in [0, 0.1) is 0 Å². The molecule has 0 aliphatic heterocycles. The van der Waals surface area contributed by atoms with E-state index in [4.69, 9.17) is 9.84 Å². The zero-order valence-electron chi connectivity index (χ0n) is 10.8. The summed E-state index contributed by atoms with van der Waals surface area (Å²) in [5, 5.41) is 12.0. The Kier molecular flexibility index (Phi) is 4.69. The third-order valence-electron chi connectivity index (χ3n) is 2.55. The van der Waals surface area contributed by atoms with Gasteiger partial charge in [0, 0.05) is 19.2 Å². The van der Waals surface area contributed by atoms with E-state index in [2.05, 4.69) is 15.3 Å². The lowest BCUT2D eigenvalue weighted by Crippen LogP contribution is -2.00. The standard InChI is InChI=1S/C14H17N3O2/c1-2-15-13-9-14(17-10-16-13)19-12-5-3-11(4-6-12)7-8-18/h3-6,9-10,18H,2,7-8H2,1H3,(H,15,16,17). The first-order valence-electron chi connectivity index (χ1n) is 6.25. The topological polar surface area (TPSA) is 67.3 Å². The molecule has 19 heavy (non-hydrogen) atoms. The van der Waals surface area contributed by atoms with Crippen LogP contribution in [0.4, 0.5) is 5.82 Å². The highest BCUT2D eigenvalue weighted by atomic mass is 16.5. The van der Waals surface area contributed by atoms with Crippen LogP contribution in [0.25, 0.3) is 0 Å². The van der Waals surface area contributed by atoms with Crippen LogP contribution in [0.15, 0.2) is 36.7 Å². The van der Waals surface area contributed by atoms with E-state index in [0.29, 0.717) is 18.1 Å². The van der Waals surface area contributed by atoms with E-state index in [-0.39, 0.29) is 6.61 Å². The summed E-state index contributed by atoms with van der Waals surface area (Å²) in [5.41, 5.74) is 1.07. The van der Waals surface area contributed by atoms with Crippen molar-refractivity contribution in [1.82, 2.24) is 9.97 Å². The van der Waals surface area contributed by atoms with Crippen molar-refractivity contribution in [2.24, 2.45) is 0 Å². The van der Waals surface area contributed by atoms with Gasteiger partial charge in [0.25, 0.3) is 0 Å². The summed E-state index contributed by atoms with van der Waals surface area (Å²) in [6.07, 6.45) is 2.12. The van der Waals surface area contributed by atoms with Crippen molar-refractivity contribution in [3.05, 3.63) is 42.2 Å². The summed E-state index contributed by atoms with van der Waals surface area (Å²) < 4.78 is 5.64. The molecule has 0 atom stereocenters. The Hall–Kier alpha value is -2.14. The van der Waals surface area contributed by atoms with Crippen LogP contribution in [-0.2, 0) is 6.42 Å². The van der Waals surface area contributed by atoms with Crippen molar-refractivity contribution in [3.63, 3.8) is 0 Å². The monoisotopic (exact) mass is 259 g/mol. The SMILES string of the molecule is CCNc1cc(Oc2ccc(CCO)cc2)ncn1. The first-order valence-corrected chi connectivity index (χ1v) is 6.25. The minimum absolute atomic E-state index is 0.151. The second-order valence-corrected chi connectivity index (χ2v) is 3.99. The van der Waals surface area contributed by atoms with E-state index in [1.807, 2.05) is 31.2 Å². The largest absolute Gasteiger partial charge is 0.439 e. The third kappa shape index (κ3) is 3.93. The average molecular weight is 259 g/mol. The number of aromatic nitrogens is 2. The molecule has 5 nitrogen and oxygen atoms in total. The van der Waals surface area contributed by atoms with Gasteiger partial charge in [0.2, 0.25) is 5.88 Å². The van der Waals surface area contributed by atoms with Gasteiger partial charge >= 0.3 is 0 Å². The minimum Gasteiger partial charge on any atom is -0.439 e. The number of hydrogen-bond donors (Lipinski definition) is 2. The fraction of sp³-hybridized carbons (Fsp3) is 0.286. The van der Waals surface area contributed by atoms with Crippen molar-refractivity contribution in [2.75, 3.05) is 18.5 Å². The maximum atomic E-state index is 8.85. The Labute approximate surface area is 112 Å². The Bertz CT molecular complexity index is 514. The number of ether oxygens (including phenoxy) is 1. The van der Waals surface area contributed by atoms with Crippen LogP contribution in [0.1, 0.15) is 12.5 Å². The van der Waals surface area contributed by atoms with E-state index in [9.17, 15) is 0 Å². The van der Waals surface area contributed by atoms with Crippen LogP contribution in [0.3, 0.4) is 0 Å². The van der Waals surface area contributed by atoms with Crippen molar-refractivity contribution in [1.29, 1.82) is 0 Å². The van der Waals surface area contributed by atoms with Crippen molar-refractivity contribution in [2.45, 2.75) is 13.3 Å². The molecule has 5 heteroatoms. The predicted octanol–water partition coefficient (Wildman–Crippen LogP) is 2.24. The van der Waals surface area contributed by atoms with Gasteiger partial charge in [-0.05, 0) is 31.0 Å². The van der Waals surface area contributed by atoms with Crippen molar-refractivity contribution >= 4 is 5.82 Å². The summed E-state index contributed by atoms with van der Waals surface area (Å²) in [5.74, 6) is 1.95. The highest BCUT2D eigenvalue weighted by Gasteiger charge is 2.01. The molecule has 0 saturated carbocycles. The molecule has 2 aromatic rings. The van der Waals surface area contributed by atoms with Crippen LogP contribution in [0.5, 0.6) is 11.6 Å². The highest BCUT2D eigenvalue weighted by molar-refractivity contribution is 5.39. The Morgan fingerprint density at radius 1 is 1.21 bits per heavy atom. The molecule has 0 spiro atoms. The van der Waals surface area contributed by atoms with Crippen molar-refractivity contribution < 1.29 is 9.84 Å². The molecule has 1 heterocycles. The molecule has 0 radical (unpaired) electrons. The maximum Gasteiger partial charge on any atom is 0.224 e. The number of aliphatic hydroxyl groups excluding tert-OH is 1. The van der Waals surface area contributed by atoms with Crippen LogP contribution in [0.2, 0.25) is 0 Å². The molecule has 0 fully saturated rings. The Morgan fingerprint density at radius 2 is 2.00 bits per heavy atom. The summed E-state index contributed by atoms with van der Waals surface area (Å²) in [4.78, 5) is 8.14. The van der Waals surface area contributed by atoms with Gasteiger partial charge in [-0.25, -0.2) is 9.97 Å². The Morgan fingerprint density at radius 3 is 2.68 bits per heavy atom. The first kappa shape index (κ1) is 13.3. The number of hydrogen-bond acceptors (Lipinski definition) is 5. The molecule has 0 amide bonds. The zero-order chi connectivity index (χ0) is 13.5. The zero-order valence-corrected chi connectivity index (χ0v) is 10.8. The number of rotatable bonds is 6. The molecule has 0 aliphatic rings. The molecule has 0 saturated heterocycles. The summed E-state index contributed by atoms with van der Waals surface area (Å²) in [6.45, 7) is 2.95. The normalized spacial score (nSPS) is 10.2. The fourth-order valence-corrected chi connectivity index (χ4v) is 1.65. The van der Waals surface area contributed by atoms with Gasteiger partial charge in [-0.1, -0.05) is 12.1 Å². The van der Waals surface area contributed by atoms with Gasteiger partial charge in [-0.2, -0.15) is 0 Å². The lowest BCUT2D eigenvalue weighted by Gasteiger charge is -2.07. The lowest BCUT2D eigenvalue weighted by atomic mass is 10.1. The van der Waals surface area contributed by atoms with E-state index < -0.39 is 0 Å². The van der Waals surface area contributed by atoms with Gasteiger partial charge in [0.05, 0.1) is 0 Å². The first-order chi connectivity index (χ1) is 9.31. The average Bonchev–Trinajstić information content (AvgIpc) is 2.42. The molecule has 1 aromatic carbocycles. The van der Waals surface area contributed by atoms with Gasteiger partial charge in [-0.3, -0.25) is 0 Å². The second kappa shape index (κ2) is 6.70. The van der Waals surface area contributed by atoms with Crippen LogP contribution >= 0.6 is 0 Å². The van der Waals surface area contributed by atoms with E-state index in [1.54, 1.807) is 6.07 Å². The van der Waals surface area contributed by atoms with E-state index >= 15 is 0 Å². The molecule has 1 aromatic heterocycles. The predicted molar refractivity (Wildman–Crippen MR) is 73.5 cm³/mol. The molecular formula is C14H17N3O2. The number of nitrogens with one attached hydrogen (secondary N) is 1. The lowest BCUT2D eigenvalue weighted by molar-refractivity contribution is 0.299. The van der Waals surface area contributed by atoms with Gasteiger partial charge in [-0.15, -0.1) is 0 Å². The number of anilines is 1. The Balaban J connectivity index is 2.05. The molecule has 0 bridgehead atoms.